The van der Waals surface area contributed by atoms with E-state index < -0.39 is 0 Å². The van der Waals surface area contributed by atoms with Gasteiger partial charge in [-0.25, -0.2) is 0 Å². The molecule has 2 aliphatic heterocycles. The van der Waals surface area contributed by atoms with Gasteiger partial charge in [0.1, 0.15) is 0 Å². The summed E-state index contributed by atoms with van der Waals surface area (Å²) in [5, 5.41) is 0. The molecule has 0 aromatic heterocycles. The third-order valence-corrected chi connectivity index (χ3v) is 9.12. The Morgan fingerprint density at radius 2 is 1.21 bits per heavy atom. The fraction of sp³-hybridized carbons (Fsp3) is 0.955. The molecule has 6 saturated carbocycles. The lowest BCUT2D eigenvalue weighted by Crippen LogP contribution is -2.50. The Morgan fingerprint density at radius 3 is 1.79 bits per heavy atom. The normalized spacial score (nSPS) is 54.3. The van der Waals surface area contributed by atoms with Crippen molar-refractivity contribution in [3.8, 4) is 0 Å². The topological polar surface area (TPSA) is 20.3 Å². The number of hydrogen-bond donors (Lipinski definition) is 0. The summed E-state index contributed by atoms with van der Waals surface area (Å²) in [7, 11) is 0. The van der Waals surface area contributed by atoms with Gasteiger partial charge < -0.3 is 4.90 Å². The average Bonchev–Trinajstić information content (AvgIpc) is 2.69. The van der Waals surface area contributed by atoms with Crippen molar-refractivity contribution in [3.63, 3.8) is 0 Å². The zero-order chi connectivity index (χ0) is 15.9. The highest BCUT2D eigenvalue weighted by molar-refractivity contribution is 5.77. The monoisotopic (exact) mass is 327 g/mol. The van der Waals surface area contributed by atoms with Gasteiger partial charge in [0.25, 0.3) is 0 Å². The van der Waals surface area contributed by atoms with Crippen molar-refractivity contribution in [3.05, 3.63) is 0 Å². The minimum atomic E-state index is 0.426. The summed E-state index contributed by atoms with van der Waals surface area (Å²) in [5.74, 6) is 6.21. The zero-order valence-corrected chi connectivity index (χ0v) is 15.1. The second-order valence-corrected chi connectivity index (χ2v) is 11.1. The van der Waals surface area contributed by atoms with Crippen molar-refractivity contribution in [2.75, 3.05) is 6.54 Å². The van der Waals surface area contributed by atoms with Gasteiger partial charge in [0.2, 0.25) is 5.91 Å². The first-order valence-corrected chi connectivity index (χ1v) is 10.9. The lowest BCUT2D eigenvalue weighted by Gasteiger charge is -2.57. The molecule has 2 saturated heterocycles. The van der Waals surface area contributed by atoms with Gasteiger partial charge in [-0.3, -0.25) is 4.79 Å². The number of carbonyl (C=O) groups excluding carboxylic acids is 1. The molecular formula is C22H33NO. The average molecular weight is 328 g/mol. The van der Waals surface area contributed by atoms with Gasteiger partial charge in [0.05, 0.1) is 0 Å². The molecule has 2 unspecified atom stereocenters. The maximum absolute atomic E-state index is 13.4. The van der Waals surface area contributed by atoms with Crippen LogP contribution >= 0.6 is 0 Å². The maximum atomic E-state index is 13.4. The van der Waals surface area contributed by atoms with Crippen LogP contribution in [0.15, 0.2) is 0 Å². The van der Waals surface area contributed by atoms with Crippen molar-refractivity contribution in [1.82, 2.24) is 4.90 Å². The van der Waals surface area contributed by atoms with Gasteiger partial charge >= 0.3 is 0 Å². The van der Waals surface area contributed by atoms with Crippen LogP contribution in [0.4, 0.5) is 0 Å². The van der Waals surface area contributed by atoms with Crippen LogP contribution in [-0.4, -0.2) is 23.4 Å². The molecule has 2 heterocycles. The Hall–Kier alpha value is -0.530. The van der Waals surface area contributed by atoms with Crippen molar-refractivity contribution in [2.45, 2.75) is 83.1 Å². The Morgan fingerprint density at radius 1 is 0.708 bits per heavy atom. The molecule has 2 heteroatoms. The molecule has 0 radical (unpaired) electrons. The van der Waals surface area contributed by atoms with E-state index >= 15 is 0 Å². The zero-order valence-electron chi connectivity index (χ0n) is 15.1. The molecule has 24 heavy (non-hydrogen) atoms. The van der Waals surface area contributed by atoms with Crippen LogP contribution in [0, 0.1) is 40.9 Å². The Kier molecular flexibility index (Phi) is 3.05. The lowest BCUT2D eigenvalue weighted by molar-refractivity contribution is -0.142. The molecule has 0 spiro atoms. The van der Waals surface area contributed by atoms with Gasteiger partial charge in [0, 0.05) is 19.0 Å². The number of hydrogen-bond acceptors (Lipinski definition) is 1. The second-order valence-electron chi connectivity index (χ2n) is 11.1. The molecule has 8 bridgehead atoms. The molecule has 132 valence electrons. The molecule has 2 atom stereocenters. The summed E-state index contributed by atoms with van der Waals surface area (Å²) < 4.78 is 0. The van der Waals surface area contributed by atoms with E-state index in [0.717, 1.165) is 48.5 Å². The first kappa shape index (κ1) is 14.6. The van der Waals surface area contributed by atoms with Gasteiger partial charge in [-0.2, -0.15) is 0 Å². The fourth-order valence-corrected chi connectivity index (χ4v) is 9.02. The summed E-state index contributed by atoms with van der Waals surface area (Å²) in [5.41, 5.74) is 0.426. The van der Waals surface area contributed by atoms with Gasteiger partial charge in [-0.05, 0) is 112 Å². The van der Waals surface area contributed by atoms with Crippen LogP contribution in [0.25, 0.3) is 0 Å². The molecule has 2 nitrogen and oxygen atoms in total. The Labute approximate surface area is 146 Å². The molecule has 8 aliphatic rings. The maximum Gasteiger partial charge on any atom is 0.223 e. The molecule has 0 aromatic carbocycles. The van der Waals surface area contributed by atoms with E-state index in [9.17, 15) is 4.79 Å². The van der Waals surface area contributed by atoms with E-state index in [0.29, 0.717) is 17.4 Å². The second kappa shape index (κ2) is 5.01. The van der Waals surface area contributed by atoms with E-state index in [1.807, 2.05) is 0 Å². The third kappa shape index (κ3) is 2.23. The largest absolute Gasteiger partial charge is 0.339 e. The van der Waals surface area contributed by atoms with E-state index in [4.69, 9.17) is 0 Å². The number of carbonyl (C=O) groups is 1. The Bertz CT molecular complexity index is 505. The predicted molar refractivity (Wildman–Crippen MR) is 94.3 cm³/mol. The molecular weight excluding hydrogens is 294 g/mol. The summed E-state index contributed by atoms with van der Waals surface area (Å²) in [6.45, 7) is 1.11. The fourth-order valence-electron chi connectivity index (χ4n) is 9.02. The summed E-state index contributed by atoms with van der Waals surface area (Å²) in [4.78, 5) is 15.8. The lowest BCUT2D eigenvalue weighted by atomic mass is 9.49. The van der Waals surface area contributed by atoms with Crippen LogP contribution in [0.1, 0.15) is 77.0 Å². The van der Waals surface area contributed by atoms with E-state index in [2.05, 4.69) is 4.90 Å². The minimum Gasteiger partial charge on any atom is -0.339 e. The van der Waals surface area contributed by atoms with Gasteiger partial charge in [-0.15, -0.1) is 0 Å². The summed E-state index contributed by atoms with van der Waals surface area (Å²) in [6.07, 6.45) is 16.5. The SMILES string of the molecule is O=C(CC12CC3CC(CC(C3)C1)C2)N1CC2CC3CC(C2)CC1C3. The summed E-state index contributed by atoms with van der Waals surface area (Å²) in [6, 6.07) is 0.614. The van der Waals surface area contributed by atoms with E-state index in [1.54, 1.807) is 0 Å². The number of fused-ring (bicyclic) bond motifs is 1. The highest BCUT2D eigenvalue weighted by Crippen LogP contribution is 2.61. The highest BCUT2D eigenvalue weighted by atomic mass is 16.2. The van der Waals surface area contributed by atoms with E-state index in [1.165, 1.54) is 70.6 Å². The molecule has 0 N–H and O–H groups in total. The van der Waals surface area contributed by atoms with E-state index in [-0.39, 0.29) is 0 Å². The molecule has 0 aromatic rings. The first-order chi connectivity index (χ1) is 11.6. The third-order valence-electron chi connectivity index (χ3n) is 9.12. The standard InChI is InChI=1S/C22H33NO/c24-21(12-22-9-16-4-17(10-22)6-18(5-16)11-22)23-13-19-2-14-1-15(3-19)8-20(23)7-14/h14-20H,1-13H2. The van der Waals surface area contributed by atoms with Crippen molar-refractivity contribution in [2.24, 2.45) is 40.9 Å². The minimum absolute atomic E-state index is 0.426. The smallest absolute Gasteiger partial charge is 0.223 e. The highest BCUT2D eigenvalue weighted by Gasteiger charge is 2.52. The number of nitrogens with zero attached hydrogens (tertiary/aromatic N) is 1. The first-order valence-electron chi connectivity index (χ1n) is 10.9. The van der Waals surface area contributed by atoms with Crippen LogP contribution in [0.5, 0.6) is 0 Å². The quantitative estimate of drug-likeness (QED) is 0.724. The van der Waals surface area contributed by atoms with Crippen molar-refractivity contribution in [1.29, 1.82) is 0 Å². The number of amides is 1. The summed E-state index contributed by atoms with van der Waals surface area (Å²) >= 11 is 0. The Balaban J connectivity index is 1.22. The molecule has 8 rings (SSSR count). The van der Waals surface area contributed by atoms with Gasteiger partial charge in [-0.1, -0.05) is 0 Å². The van der Waals surface area contributed by atoms with Crippen LogP contribution in [0.2, 0.25) is 0 Å². The number of rotatable bonds is 2. The predicted octanol–water partition coefficient (Wildman–Crippen LogP) is 4.63. The van der Waals surface area contributed by atoms with Crippen LogP contribution in [-0.2, 0) is 4.79 Å². The van der Waals surface area contributed by atoms with Crippen molar-refractivity contribution >= 4 is 5.91 Å². The molecule has 6 aliphatic carbocycles. The molecule has 1 amide bonds. The molecule has 8 fully saturated rings. The van der Waals surface area contributed by atoms with Gasteiger partial charge in [0.15, 0.2) is 0 Å². The van der Waals surface area contributed by atoms with Crippen LogP contribution in [0.3, 0.4) is 0 Å². The van der Waals surface area contributed by atoms with Crippen LogP contribution < -0.4 is 0 Å². The van der Waals surface area contributed by atoms with Crippen molar-refractivity contribution < 1.29 is 4.79 Å².